The van der Waals surface area contributed by atoms with Gasteiger partial charge in [0, 0.05) is 25.0 Å². The van der Waals surface area contributed by atoms with Gasteiger partial charge in [0.15, 0.2) is 0 Å². The number of amides is 2. The molecule has 0 fully saturated rings. The Hall–Kier alpha value is -2.40. The minimum atomic E-state index is -0.141. The van der Waals surface area contributed by atoms with E-state index >= 15 is 0 Å². The largest absolute Gasteiger partial charge is 0.326 e. The molecule has 0 unspecified atom stereocenters. The third-order valence-electron chi connectivity index (χ3n) is 3.16. The summed E-state index contributed by atoms with van der Waals surface area (Å²) in [6.07, 6.45) is 1.73. The highest BCUT2D eigenvalue weighted by atomic mass is 16.2. The number of urea groups is 1. The first-order valence-corrected chi connectivity index (χ1v) is 6.97. The highest BCUT2D eigenvalue weighted by molar-refractivity contribution is 5.89. The molecule has 3 N–H and O–H groups in total. The van der Waals surface area contributed by atoms with Crippen molar-refractivity contribution in [1.82, 2.24) is 9.88 Å². The Morgan fingerprint density at radius 3 is 2.81 bits per heavy atom. The number of aromatic nitrogens is 1. The standard InChI is InChI=1S/C16H20N4O/c1-2-20(12-15-7-3-4-9-18-15)16(21)19-14-8-5-6-13(10-14)11-17/h3-10H,2,11-12,17H2,1H3,(H,19,21). The van der Waals surface area contributed by atoms with Crippen LogP contribution < -0.4 is 11.1 Å². The van der Waals surface area contributed by atoms with Gasteiger partial charge in [-0.1, -0.05) is 18.2 Å². The summed E-state index contributed by atoms with van der Waals surface area (Å²) in [6, 6.07) is 13.1. The lowest BCUT2D eigenvalue weighted by Gasteiger charge is -2.21. The zero-order valence-corrected chi connectivity index (χ0v) is 12.1. The van der Waals surface area contributed by atoms with Gasteiger partial charge in [0.05, 0.1) is 12.2 Å². The fraction of sp³-hybridized carbons (Fsp3) is 0.250. The zero-order valence-electron chi connectivity index (χ0n) is 12.1. The molecule has 0 radical (unpaired) electrons. The summed E-state index contributed by atoms with van der Waals surface area (Å²) in [5.74, 6) is 0. The number of hydrogen-bond donors (Lipinski definition) is 2. The summed E-state index contributed by atoms with van der Waals surface area (Å²) >= 11 is 0. The second-order valence-corrected chi connectivity index (χ2v) is 4.67. The third kappa shape index (κ3) is 4.29. The molecule has 5 heteroatoms. The van der Waals surface area contributed by atoms with Crippen LogP contribution in [0.5, 0.6) is 0 Å². The topological polar surface area (TPSA) is 71.2 Å². The van der Waals surface area contributed by atoms with Crippen molar-refractivity contribution in [3.05, 3.63) is 59.9 Å². The number of nitrogens with zero attached hydrogens (tertiary/aromatic N) is 2. The van der Waals surface area contributed by atoms with E-state index < -0.39 is 0 Å². The molecule has 110 valence electrons. The molecule has 0 aliphatic heterocycles. The number of anilines is 1. The molecule has 2 aromatic rings. The molecule has 0 spiro atoms. The van der Waals surface area contributed by atoms with E-state index in [4.69, 9.17) is 5.73 Å². The Kier molecular flexibility index (Phi) is 5.29. The summed E-state index contributed by atoms with van der Waals surface area (Å²) in [6.45, 7) is 3.49. The number of nitrogens with two attached hydrogens (primary N) is 1. The van der Waals surface area contributed by atoms with E-state index in [1.54, 1.807) is 11.1 Å². The molecule has 1 heterocycles. The quantitative estimate of drug-likeness (QED) is 0.886. The molecule has 0 aliphatic rings. The van der Waals surface area contributed by atoms with E-state index in [1.165, 1.54) is 0 Å². The average molecular weight is 284 g/mol. The van der Waals surface area contributed by atoms with Crippen molar-refractivity contribution in [3.8, 4) is 0 Å². The van der Waals surface area contributed by atoms with Gasteiger partial charge in [-0.25, -0.2) is 4.79 Å². The zero-order chi connectivity index (χ0) is 15.1. The number of hydrogen-bond acceptors (Lipinski definition) is 3. The molecule has 2 rings (SSSR count). The number of pyridine rings is 1. The van der Waals surface area contributed by atoms with Crippen molar-refractivity contribution in [1.29, 1.82) is 0 Å². The van der Waals surface area contributed by atoms with Crippen LogP contribution in [-0.2, 0) is 13.1 Å². The van der Waals surface area contributed by atoms with Gasteiger partial charge in [0.25, 0.3) is 0 Å². The van der Waals surface area contributed by atoms with E-state index in [0.29, 0.717) is 19.6 Å². The third-order valence-corrected chi connectivity index (χ3v) is 3.16. The lowest BCUT2D eigenvalue weighted by atomic mass is 10.2. The molecule has 21 heavy (non-hydrogen) atoms. The fourth-order valence-corrected chi connectivity index (χ4v) is 1.99. The summed E-state index contributed by atoms with van der Waals surface area (Å²) in [7, 11) is 0. The van der Waals surface area contributed by atoms with Gasteiger partial charge in [0.1, 0.15) is 0 Å². The summed E-state index contributed by atoms with van der Waals surface area (Å²) in [5.41, 5.74) is 8.21. The van der Waals surface area contributed by atoms with Crippen LogP contribution in [0, 0.1) is 0 Å². The Bertz CT molecular complexity index is 586. The van der Waals surface area contributed by atoms with E-state index in [1.807, 2.05) is 49.4 Å². The van der Waals surface area contributed by atoms with Crippen LogP contribution in [0.1, 0.15) is 18.2 Å². The van der Waals surface area contributed by atoms with Crippen molar-refractivity contribution in [2.45, 2.75) is 20.0 Å². The predicted molar refractivity (Wildman–Crippen MR) is 83.7 cm³/mol. The van der Waals surface area contributed by atoms with E-state index in [0.717, 1.165) is 16.9 Å². The lowest BCUT2D eigenvalue weighted by Crippen LogP contribution is -2.34. The van der Waals surface area contributed by atoms with E-state index in [2.05, 4.69) is 10.3 Å². The van der Waals surface area contributed by atoms with Gasteiger partial charge in [-0.15, -0.1) is 0 Å². The number of carbonyl (C=O) groups excluding carboxylic acids is 1. The van der Waals surface area contributed by atoms with Crippen molar-refractivity contribution in [2.75, 3.05) is 11.9 Å². The van der Waals surface area contributed by atoms with Crippen molar-refractivity contribution >= 4 is 11.7 Å². The van der Waals surface area contributed by atoms with Gasteiger partial charge < -0.3 is 16.0 Å². The second-order valence-electron chi connectivity index (χ2n) is 4.67. The Balaban J connectivity index is 2.02. The van der Waals surface area contributed by atoms with Crippen LogP contribution in [0.2, 0.25) is 0 Å². The molecular weight excluding hydrogens is 264 g/mol. The highest BCUT2D eigenvalue weighted by Crippen LogP contribution is 2.12. The number of carbonyl (C=O) groups is 1. The number of rotatable bonds is 5. The lowest BCUT2D eigenvalue weighted by molar-refractivity contribution is 0.211. The maximum Gasteiger partial charge on any atom is 0.322 e. The van der Waals surface area contributed by atoms with Gasteiger partial charge >= 0.3 is 6.03 Å². The fourth-order valence-electron chi connectivity index (χ4n) is 1.99. The molecule has 0 saturated heterocycles. The maximum atomic E-state index is 12.3. The minimum absolute atomic E-state index is 0.141. The smallest absolute Gasteiger partial charge is 0.322 e. The Morgan fingerprint density at radius 1 is 1.29 bits per heavy atom. The Morgan fingerprint density at radius 2 is 2.14 bits per heavy atom. The van der Waals surface area contributed by atoms with Crippen molar-refractivity contribution < 1.29 is 4.79 Å². The monoisotopic (exact) mass is 284 g/mol. The van der Waals surface area contributed by atoms with Gasteiger partial charge in [-0.3, -0.25) is 4.98 Å². The molecule has 0 aliphatic carbocycles. The van der Waals surface area contributed by atoms with Crippen LogP contribution in [0.25, 0.3) is 0 Å². The highest BCUT2D eigenvalue weighted by Gasteiger charge is 2.12. The van der Waals surface area contributed by atoms with Crippen molar-refractivity contribution in [3.63, 3.8) is 0 Å². The summed E-state index contributed by atoms with van der Waals surface area (Å²) in [5, 5.41) is 2.89. The van der Waals surface area contributed by atoms with Gasteiger partial charge in [0.2, 0.25) is 0 Å². The van der Waals surface area contributed by atoms with Gasteiger partial charge in [-0.05, 0) is 36.8 Å². The molecule has 1 aromatic heterocycles. The normalized spacial score (nSPS) is 10.2. The first-order valence-electron chi connectivity index (χ1n) is 6.97. The van der Waals surface area contributed by atoms with Crippen molar-refractivity contribution in [2.24, 2.45) is 5.73 Å². The summed E-state index contributed by atoms with van der Waals surface area (Å²) < 4.78 is 0. The molecule has 2 amide bonds. The molecule has 1 aromatic carbocycles. The molecule has 0 saturated carbocycles. The second kappa shape index (κ2) is 7.40. The first kappa shape index (κ1) is 15.0. The van der Waals surface area contributed by atoms with Crippen LogP contribution in [0.4, 0.5) is 10.5 Å². The predicted octanol–water partition coefficient (Wildman–Crippen LogP) is 2.59. The number of benzene rings is 1. The molecule has 5 nitrogen and oxygen atoms in total. The first-order chi connectivity index (χ1) is 10.2. The van der Waals surface area contributed by atoms with E-state index in [-0.39, 0.29) is 6.03 Å². The molecule has 0 atom stereocenters. The molecular formula is C16H20N4O. The number of nitrogens with one attached hydrogen (secondary N) is 1. The van der Waals surface area contributed by atoms with Crippen LogP contribution in [-0.4, -0.2) is 22.5 Å². The Labute approximate surface area is 124 Å². The van der Waals surface area contributed by atoms with E-state index in [9.17, 15) is 4.79 Å². The SMILES string of the molecule is CCN(Cc1ccccn1)C(=O)Nc1cccc(CN)c1. The van der Waals surface area contributed by atoms with Crippen LogP contribution in [0.3, 0.4) is 0 Å². The molecule has 0 bridgehead atoms. The summed E-state index contributed by atoms with van der Waals surface area (Å²) in [4.78, 5) is 18.3. The average Bonchev–Trinajstić information content (AvgIpc) is 2.53. The van der Waals surface area contributed by atoms with Gasteiger partial charge in [-0.2, -0.15) is 0 Å². The maximum absolute atomic E-state index is 12.3. The minimum Gasteiger partial charge on any atom is -0.326 e. The van der Waals surface area contributed by atoms with Crippen LogP contribution >= 0.6 is 0 Å². The van der Waals surface area contributed by atoms with Crippen LogP contribution in [0.15, 0.2) is 48.7 Å².